The molecule has 5 nitrogen and oxygen atoms in total. The lowest BCUT2D eigenvalue weighted by Gasteiger charge is -2.10. The summed E-state index contributed by atoms with van der Waals surface area (Å²) in [6.07, 6.45) is 1.33. The first-order valence-electron chi connectivity index (χ1n) is 6.72. The van der Waals surface area contributed by atoms with Gasteiger partial charge in [-0.3, -0.25) is 4.79 Å². The average molecular weight is 291 g/mol. The molecule has 3 rings (SSSR count). The van der Waals surface area contributed by atoms with Gasteiger partial charge >= 0.3 is 0 Å². The number of nitrogens with one attached hydrogen (secondary N) is 2. The van der Waals surface area contributed by atoms with Gasteiger partial charge in [-0.2, -0.15) is 0 Å². The molecule has 1 unspecified atom stereocenters. The van der Waals surface area contributed by atoms with Gasteiger partial charge in [-0.25, -0.2) is 4.98 Å². The van der Waals surface area contributed by atoms with Crippen molar-refractivity contribution in [3.8, 4) is 10.8 Å². The minimum Gasteiger partial charge on any atom is -0.459 e. The van der Waals surface area contributed by atoms with E-state index in [0.29, 0.717) is 6.42 Å². The second-order valence-electron chi connectivity index (χ2n) is 4.99. The highest BCUT2D eigenvalue weighted by Crippen LogP contribution is 2.25. The summed E-state index contributed by atoms with van der Waals surface area (Å²) in [6.45, 7) is 3.74. The van der Waals surface area contributed by atoms with Crippen LogP contribution in [0.15, 0.2) is 21.9 Å². The Balaban J connectivity index is 1.60. The molecule has 1 fully saturated rings. The lowest BCUT2D eigenvalue weighted by atomic mass is 10.2. The first kappa shape index (κ1) is 13.3. The van der Waals surface area contributed by atoms with Crippen LogP contribution < -0.4 is 10.6 Å². The Morgan fingerprint density at radius 3 is 3.20 bits per heavy atom. The Morgan fingerprint density at radius 2 is 2.50 bits per heavy atom. The molecule has 0 radical (unpaired) electrons. The predicted molar refractivity (Wildman–Crippen MR) is 77.7 cm³/mol. The number of carbonyl (C=O) groups excluding carboxylic acids is 1. The molecule has 0 aromatic carbocycles. The molecule has 0 aliphatic carbocycles. The monoisotopic (exact) mass is 291 g/mol. The Hall–Kier alpha value is -1.66. The molecule has 1 aliphatic heterocycles. The predicted octanol–water partition coefficient (Wildman–Crippen LogP) is 1.73. The van der Waals surface area contributed by atoms with Crippen LogP contribution in [-0.2, 0) is 11.2 Å². The third-order valence-corrected chi connectivity index (χ3v) is 4.18. The third-order valence-electron chi connectivity index (χ3n) is 3.27. The Labute approximate surface area is 121 Å². The fourth-order valence-corrected chi connectivity index (χ4v) is 3.05. The number of aromatic nitrogens is 1. The molecule has 0 spiro atoms. The van der Waals surface area contributed by atoms with Crippen LogP contribution in [0, 0.1) is 6.92 Å². The van der Waals surface area contributed by atoms with Crippen molar-refractivity contribution in [2.45, 2.75) is 25.8 Å². The van der Waals surface area contributed by atoms with Crippen molar-refractivity contribution >= 4 is 17.2 Å². The minimum atomic E-state index is 0.0335. The van der Waals surface area contributed by atoms with Crippen molar-refractivity contribution in [1.82, 2.24) is 15.6 Å². The summed E-state index contributed by atoms with van der Waals surface area (Å²) in [5.41, 5.74) is 0.794. The van der Waals surface area contributed by atoms with Crippen molar-refractivity contribution < 1.29 is 9.21 Å². The van der Waals surface area contributed by atoms with E-state index in [4.69, 9.17) is 4.42 Å². The molecule has 0 bridgehead atoms. The molecule has 2 aromatic rings. The quantitative estimate of drug-likeness (QED) is 0.900. The number of rotatable bonds is 4. The zero-order chi connectivity index (χ0) is 13.9. The van der Waals surface area contributed by atoms with E-state index in [9.17, 15) is 4.79 Å². The van der Waals surface area contributed by atoms with Gasteiger partial charge in [0, 0.05) is 18.0 Å². The van der Waals surface area contributed by atoms with Gasteiger partial charge < -0.3 is 15.1 Å². The summed E-state index contributed by atoms with van der Waals surface area (Å²) in [7, 11) is 0. The van der Waals surface area contributed by atoms with E-state index in [1.54, 1.807) is 0 Å². The zero-order valence-corrected chi connectivity index (χ0v) is 12.1. The van der Waals surface area contributed by atoms with Crippen molar-refractivity contribution in [2.75, 3.05) is 13.1 Å². The van der Waals surface area contributed by atoms with Gasteiger partial charge in [0.15, 0.2) is 10.8 Å². The Morgan fingerprint density at radius 1 is 1.60 bits per heavy atom. The number of furan rings is 1. The van der Waals surface area contributed by atoms with Gasteiger partial charge in [0.2, 0.25) is 5.91 Å². The van der Waals surface area contributed by atoms with Crippen molar-refractivity contribution in [3.63, 3.8) is 0 Å². The fraction of sp³-hybridized carbons (Fsp3) is 0.429. The standard InChI is InChI=1S/C14H17N3O2S/c1-9-2-3-12(19-9)14-17-11(8-20-14)6-13(18)16-10-4-5-15-7-10/h2-3,8,10,15H,4-7H2,1H3,(H,16,18). The molecular weight excluding hydrogens is 274 g/mol. The first-order chi connectivity index (χ1) is 9.70. The summed E-state index contributed by atoms with van der Waals surface area (Å²) in [5.74, 6) is 1.66. The lowest BCUT2D eigenvalue weighted by molar-refractivity contribution is -0.121. The molecule has 3 heterocycles. The molecular formula is C14H17N3O2S. The number of carbonyl (C=O) groups is 1. The lowest BCUT2D eigenvalue weighted by Crippen LogP contribution is -2.37. The second kappa shape index (κ2) is 5.76. The zero-order valence-electron chi connectivity index (χ0n) is 11.3. The first-order valence-corrected chi connectivity index (χ1v) is 7.60. The van der Waals surface area contributed by atoms with Crippen LogP contribution in [0.4, 0.5) is 0 Å². The van der Waals surface area contributed by atoms with E-state index < -0.39 is 0 Å². The highest BCUT2D eigenvalue weighted by molar-refractivity contribution is 7.13. The van der Waals surface area contributed by atoms with Gasteiger partial charge in [0.05, 0.1) is 12.1 Å². The molecule has 1 aliphatic rings. The van der Waals surface area contributed by atoms with Crippen molar-refractivity contribution in [1.29, 1.82) is 0 Å². The molecule has 1 amide bonds. The topological polar surface area (TPSA) is 67.2 Å². The van der Waals surface area contributed by atoms with Crippen LogP contribution in [0.25, 0.3) is 10.8 Å². The van der Waals surface area contributed by atoms with Crippen molar-refractivity contribution in [2.24, 2.45) is 0 Å². The Kier molecular flexibility index (Phi) is 3.84. The molecule has 2 aromatic heterocycles. The van der Waals surface area contributed by atoms with Crippen LogP contribution in [-0.4, -0.2) is 30.0 Å². The number of aryl methyl sites for hydroxylation is 1. The second-order valence-corrected chi connectivity index (χ2v) is 5.85. The third kappa shape index (κ3) is 3.08. The number of hydrogen-bond donors (Lipinski definition) is 2. The van der Waals surface area contributed by atoms with Crippen LogP contribution in [0.3, 0.4) is 0 Å². The van der Waals surface area contributed by atoms with Gasteiger partial charge in [0.25, 0.3) is 0 Å². The summed E-state index contributed by atoms with van der Waals surface area (Å²) < 4.78 is 5.53. The highest BCUT2D eigenvalue weighted by atomic mass is 32.1. The fourth-order valence-electron chi connectivity index (χ4n) is 2.27. The molecule has 1 saturated heterocycles. The maximum absolute atomic E-state index is 11.9. The normalized spacial score (nSPS) is 18.4. The molecule has 0 saturated carbocycles. The number of amides is 1. The molecule has 2 N–H and O–H groups in total. The Bertz CT molecular complexity index is 599. The van der Waals surface area contributed by atoms with Crippen LogP contribution >= 0.6 is 11.3 Å². The number of nitrogens with zero attached hydrogens (tertiary/aromatic N) is 1. The van der Waals surface area contributed by atoms with Crippen LogP contribution in [0.5, 0.6) is 0 Å². The van der Waals surface area contributed by atoms with E-state index in [1.807, 2.05) is 24.4 Å². The smallest absolute Gasteiger partial charge is 0.226 e. The van der Waals surface area contributed by atoms with E-state index in [0.717, 1.165) is 41.7 Å². The van der Waals surface area contributed by atoms with Crippen LogP contribution in [0.2, 0.25) is 0 Å². The van der Waals surface area contributed by atoms with Gasteiger partial charge in [-0.1, -0.05) is 0 Å². The summed E-state index contributed by atoms with van der Waals surface area (Å²) >= 11 is 1.50. The molecule has 20 heavy (non-hydrogen) atoms. The number of thiazole rings is 1. The van der Waals surface area contributed by atoms with E-state index in [1.165, 1.54) is 11.3 Å². The highest BCUT2D eigenvalue weighted by Gasteiger charge is 2.17. The van der Waals surface area contributed by atoms with Crippen LogP contribution in [0.1, 0.15) is 17.9 Å². The molecule has 106 valence electrons. The largest absolute Gasteiger partial charge is 0.459 e. The SMILES string of the molecule is Cc1ccc(-c2nc(CC(=O)NC3CCNC3)cs2)o1. The molecule has 1 atom stereocenters. The van der Waals surface area contributed by atoms with E-state index in [2.05, 4.69) is 15.6 Å². The maximum Gasteiger partial charge on any atom is 0.226 e. The van der Waals surface area contributed by atoms with E-state index >= 15 is 0 Å². The van der Waals surface area contributed by atoms with Crippen molar-refractivity contribution in [3.05, 3.63) is 29.0 Å². The minimum absolute atomic E-state index is 0.0335. The van der Waals surface area contributed by atoms with E-state index in [-0.39, 0.29) is 11.9 Å². The van der Waals surface area contributed by atoms with Gasteiger partial charge in [-0.15, -0.1) is 11.3 Å². The summed E-state index contributed by atoms with van der Waals surface area (Å²) in [4.78, 5) is 16.4. The summed E-state index contributed by atoms with van der Waals surface area (Å²) in [6, 6.07) is 4.08. The summed E-state index contributed by atoms with van der Waals surface area (Å²) in [5, 5.41) is 8.99. The number of hydrogen-bond acceptors (Lipinski definition) is 5. The average Bonchev–Trinajstić information content (AvgIpc) is 3.10. The van der Waals surface area contributed by atoms with Gasteiger partial charge in [0.1, 0.15) is 5.76 Å². The van der Waals surface area contributed by atoms with Gasteiger partial charge in [-0.05, 0) is 32.0 Å². The maximum atomic E-state index is 11.9. The molecule has 6 heteroatoms.